The molecule has 0 heterocycles. The van der Waals surface area contributed by atoms with Crippen LogP contribution < -0.4 is 16.4 Å². The summed E-state index contributed by atoms with van der Waals surface area (Å²) in [6.07, 6.45) is -0.587. The number of methoxy groups -OCH3 is 1. The van der Waals surface area contributed by atoms with Crippen LogP contribution in [0.5, 0.6) is 0 Å². The van der Waals surface area contributed by atoms with Gasteiger partial charge in [0.1, 0.15) is 5.60 Å². The van der Waals surface area contributed by atoms with Crippen LogP contribution in [0.1, 0.15) is 34.1 Å². The fourth-order valence-corrected chi connectivity index (χ4v) is 3.05. The summed E-state index contributed by atoms with van der Waals surface area (Å²) in [6.45, 7) is 6.55. The predicted molar refractivity (Wildman–Crippen MR) is 88.1 cm³/mol. The molecule has 0 saturated heterocycles. The molecule has 142 valence electrons. The number of nitrogens with two attached hydrogens (primary N) is 1. The highest BCUT2D eigenvalue weighted by atomic mass is 16.6. The number of primary amides is 1. The topological polar surface area (TPSA) is 137 Å². The lowest BCUT2D eigenvalue weighted by Gasteiger charge is -2.28. The van der Waals surface area contributed by atoms with E-state index in [0.717, 1.165) is 0 Å². The van der Waals surface area contributed by atoms with Crippen molar-refractivity contribution in [2.75, 3.05) is 13.7 Å². The quantitative estimate of drug-likeness (QED) is 0.589. The Morgan fingerprint density at radius 2 is 1.76 bits per heavy atom. The molecule has 4 atom stereocenters. The summed E-state index contributed by atoms with van der Waals surface area (Å²) in [5.74, 6) is -3.43. The lowest BCUT2D eigenvalue weighted by atomic mass is 9.92. The van der Waals surface area contributed by atoms with Crippen LogP contribution in [0.15, 0.2) is 0 Å². The van der Waals surface area contributed by atoms with Crippen molar-refractivity contribution in [3.63, 3.8) is 0 Å². The van der Waals surface area contributed by atoms with Crippen LogP contribution in [-0.2, 0) is 23.9 Å². The number of nitrogens with one attached hydrogen (secondary N) is 2. The van der Waals surface area contributed by atoms with Gasteiger partial charge in [-0.3, -0.25) is 14.4 Å². The van der Waals surface area contributed by atoms with Crippen molar-refractivity contribution in [3.05, 3.63) is 0 Å². The summed E-state index contributed by atoms with van der Waals surface area (Å²) in [5, 5.41) is 5.25. The molecule has 0 aromatic rings. The average Bonchev–Trinajstić information content (AvgIpc) is 2.80. The van der Waals surface area contributed by atoms with Gasteiger partial charge >= 0.3 is 12.1 Å². The summed E-state index contributed by atoms with van der Waals surface area (Å²) < 4.78 is 10.0. The van der Waals surface area contributed by atoms with E-state index in [4.69, 9.17) is 15.2 Å². The number of carbonyl (C=O) groups excluding carboxylic acids is 4. The molecular weight excluding hydrogens is 330 g/mol. The molecule has 9 heteroatoms. The van der Waals surface area contributed by atoms with E-state index in [1.165, 1.54) is 14.0 Å². The van der Waals surface area contributed by atoms with Crippen molar-refractivity contribution in [1.82, 2.24) is 10.6 Å². The van der Waals surface area contributed by atoms with Crippen molar-refractivity contribution in [2.24, 2.45) is 23.5 Å². The third kappa shape index (κ3) is 5.91. The average molecular weight is 357 g/mol. The summed E-state index contributed by atoms with van der Waals surface area (Å²) in [7, 11) is 1.23. The maximum atomic E-state index is 12.1. The number of hydrogen-bond donors (Lipinski definition) is 3. The Morgan fingerprint density at radius 3 is 2.20 bits per heavy atom. The maximum Gasteiger partial charge on any atom is 0.407 e. The number of esters is 1. The van der Waals surface area contributed by atoms with Gasteiger partial charge in [-0.1, -0.05) is 0 Å². The highest BCUT2D eigenvalue weighted by Crippen LogP contribution is 2.37. The summed E-state index contributed by atoms with van der Waals surface area (Å²) in [6, 6.07) is -0.744. The van der Waals surface area contributed by atoms with Gasteiger partial charge in [-0.2, -0.15) is 0 Å². The number of amides is 3. The molecule has 1 fully saturated rings. The molecule has 1 rings (SSSR count). The standard InChI is InChI=1S/C16H27N3O6/c1-8(20)18-7-11-9(13(17)21)6-10(14(22)24-5)12(11)19-15(23)25-16(2,3)4/h9-12H,6-7H2,1-5H3,(H2,17,21)(H,18,20)(H,19,23)/t9-,10+,11+,12-/m1/s1. The first-order valence-electron chi connectivity index (χ1n) is 8.07. The van der Waals surface area contributed by atoms with E-state index in [2.05, 4.69) is 10.6 Å². The van der Waals surface area contributed by atoms with E-state index >= 15 is 0 Å². The number of hydrogen-bond acceptors (Lipinski definition) is 6. The van der Waals surface area contributed by atoms with Crippen molar-refractivity contribution in [1.29, 1.82) is 0 Å². The van der Waals surface area contributed by atoms with E-state index in [-0.39, 0.29) is 18.9 Å². The molecule has 0 aromatic heterocycles. The van der Waals surface area contributed by atoms with Crippen molar-refractivity contribution >= 4 is 23.9 Å². The molecule has 1 saturated carbocycles. The van der Waals surface area contributed by atoms with Gasteiger partial charge < -0.3 is 25.8 Å². The minimum atomic E-state index is -0.756. The molecular formula is C16H27N3O6. The van der Waals surface area contributed by atoms with E-state index < -0.39 is 47.4 Å². The second-order valence-electron chi connectivity index (χ2n) is 7.15. The summed E-state index contributed by atoms with van der Waals surface area (Å²) >= 11 is 0. The van der Waals surface area contributed by atoms with Crippen molar-refractivity contribution in [2.45, 2.75) is 45.8 Å². The molecule has 3 amide bonds. The predicted octanol–water partition coefficient (Wildman–Crippen LogP) is -0.0736. The molecule has 0 unspecified atom stereocenters. The van der Waals surface area contributed by atoms with Crippen molar-refractivity contribution < 1.29 is 28.7 Å². The smallest absolute Gasteiger partial charge is 0.407 e. The fraction of sp³-hybridized carbons (Fsp3) is 0.750. The van der Waals surface area contributed by atoms with E-state index in [1.807, 2.05) is 0 Å². The number of alkyl carbamates (subject to hydrolysis) is 1. The number of rotatable bonds is 5. The minimum Gasteiger partial charge on any atom is -0.469 e. The zero-order valence-electron chi connectivity index (χ0n) is 15.3. The van der Waals surface area contributed by atoms with E-state index in [0.29, 0.717) is 0 Å². The van der Waals surface area contributed by atoms with Gasteiger partial charge in [-0.15, -0.1) is 0 Å². The Morgan fingerprint density at radius 1 is 1.16 bits per heavy atom. The van der Waals surface area contributed by atoms with Crippen LogP contribution in [0.25, 0.3) is 0 Å². The van der Waals surface area contributed by atoms with E-state index in [9.17, 15) is 19.2 Å². The van der Waals surface area contributed by atoms with Gasteiger partial charge in [0.05, 0.1) is 19.1 Å². The molecule has 25 heavy (non-hydrogen) atoms. The van der Waals surface area contributed by atoms with Gasteiger partial charge in [-0.25, -0.2) is 4.79 Å². The van der Waals surface area contributed by atoms with Gasteiger partial charge in [0.15, 0.2) is 0 Å². The minimum absolute atomic E-state index is 0.0941. The highest BCUT2D eigenvalue weighted by Gasteiger charge is 2.50. The molecule has 4 N–H and O–H groups in total. The van der Waals surface area contributed by atoms with Gasteiger partial charge in [0, 0.05) is 25.3 Å². The van der Waals surface area contributed by atoms with Crippen LogP contribution in [0.2, 0.25) is 0 Å². The van der Waals surface area contributed by atoms with Gasteiger partial charge in [-0.05, 0) is 27.2 Å². The van der Waals surface area contributed by atoms with Crippen molar-refractivity contribution in [3.8, 4) is 0 Å². The Balaban J connectivity index is 3.05. The Bertz CT molecular complexity index is 542. The monoisotopic (exact) mass is 357 g/mol. The first-order valence-corrected chi connectivity index (χ1v) is 8.07. The summed E-state index contributed by atoms with van der Waals surface area (Å²) in [4.78, 5) is 47.3. The summed E-state index contributed by atoms with van der Waals surface area (Å²) in [5.41, 5.74) is 4.72. The van der Waals surface area contributed by atoms with Crippen LogP contribution in [0.3, 0.4) is 0 Å². The SMILES string of the molecule is COC(=O)[C@H]1C[C@@H](C(N)=O)[C@H](CNC(C)=O)[C@@H]1NC(=O)OC(C)(C)C. The zero-order valence-corrected chi connectivity index (χ0v) is 15.3. The lowest BCUT2D eigenvalue weighted by molar-refractivity contribution is -0.146. The first kappa shape index (κ1) is 20.7. The van der Waals surface area contributed by atoms with E-state index in [1.54, 1.807) is 20.8 Å². The third-order valence-corrected chi connectivity index (χ3v) is 4.06. The van der Waals surface area contributed by atoms with Crippen LogP contribution >= 0.6 is 0 Å². The zero-order chi connectivity index (χ0) is 19.4. The first-order chi connectivity index (χ1) is 11.5. The maximum absolute atomic E-state index is 12.1. The van der Waals surface area contributed by atoms with Crippen LogP contribution in [0.4, 0.5) is 4.79 Å². The molecule has 1 aliphatic rings. The molecule has 0 spiro atoms. The normalized spacial score (nSPS) is 25.8. The largest absolute Gasteiger partial charge is 0.469 e. The third-order valence-electron chi connectivity index (χ3n) is 4.06. The van der Waals surface area contributed by atoms with Gasteiger partial charge in [0.2, 0.25) is 11.8 Å². The van der Waals surface area contributed by atoms with Gasteiger partial charge in [0.25, 0.3) is 0 Å². The number of ether oxygens (including phenoxy) is 2. The lowest BCUT2D eigenvalue weighted by Crippen LogP contribution is -2.50. The molecule has 0 aliphatic heterocycles. The molecule has 9 nitrogen and oxygen atoms in total. The molecule has 1 aliphatic carbocycles. The Kier molecular flexibility index (Phi) is 6.78. The van der Waals surface area contributed by atoms with Crippen LogP contribution in [-0.4, -0.2) is 49.2 Å². The molecule has 0 bridgehead atoms. The Hall–Kier alpha value is -2.32. The second-order valence-corrected chi connectivity index (χ2v) is 7.15. The Labute approximate surface area is 147 Å². The highest BCUT2D eigenvalue weighted by molar-refractivity contribution is 5.82. The number of carbonyl (C=O) groups is 4. The second kappa shape index (κ2) is 8.17. The fourth-order valence-electron chi connectivity index (χ4n) is 3.05. The molecule has 0 radical (unpaired) electrons. The molecule has 0 aromatic carbocycles. The van der Waals surface area contributed by atoms with Crippen LogP contribution in [0, 0.1) is 17.8 Å².